The Balaban J connectivity index is 1.60. The normalized spacial score (nSPS) is 14.0. The average Bonchev–Trinajstić information content (AvgIpc) is 3.25. The Morgan fingerprint density at radius 1 is 1.24 bits per heavy atom. The molecule has 2 N–H and O–H groups in total. The molecule has 110 valence electrons. The summed E-state index contributed by atoms with van der Waals surface area (Å²) < 4.78 is 2.39. The van der Waals surface area contributed by atoms with Gasteiger partial charge in [0.25, 0.3) is 0 Å². The maximum atomic E-state index is 11.9. The van der Waals surface area contributed by atoms with E-state index in [0.717, 1.165) is 5.69 Å². The lowest BCUT2D eigenvalue weighted by molar-refractivity contribution is 0.251. The van der Waals surface area contributed by atoms with Crippen LogP contribution in [0.15, 0.2) is 36.4 Å². The van der Waals surface area contributed by atoms with Gasteiger partial charge in [-0.25, -0.2) is 4.79 Å². The Kier molecular flexibility index (Phi) is 3.69. The van der Waals surface area contributed by atoms with Gasteiger partial charge in [0, 0.05) is 29.7 Å². The second-order valence-corrected chi connectivity index (χ2v) is 5.67. The molecule has 0 bridgehead atoms. The van der Waals surface area contributed by atoms with E-state index in [4.69, 9.17) is 0 Å². The lowest BCUT2D eigenvalue weighted by Gasteiger charge is -2.09. The first kappa shape index (κ1) is 13.7. The van der Waals surface area contributed by atoms with Crippen molar-refractivity contribution in [3.8, 4) is 0 Å². The van der Waals surface area contributed by atoms with Crippen LogP contribution in [0.4, 0.5) is 10.5 Å². The number of carbonyl (C=O) groups is 1. The number of hydrogen-bond acceptors (Lipinski definition) is 1. The largest absolute Gasteiger partial charge is 0.346 e. The number of nitrogens with zero attached hydrogens (tertiary/aromatic N) is 1. The summed E-state index contributed by atoms with van der Waals surface area (Å²) in [4.78, 5) is 11.9. The number of anilines is 1. The van der Waals surface area contributed by atoms with Crippen molar-refractivity contribution in [2.75, 3.05) is 5.32 Å². The van der Waals surface area contributed by atoms with Gasteiger partial charge in [0.15, 0.2) is 0 Å². The number of amides is 2. The summed E-state index contributed by atoms with van der Waals surface area (Å²) in [6.45, 7) is 4.83. The molecule has 0 spiro atoms. The van der Waals surface area contributed by atoms with Gasteiger partial charge in [0.05, 0.1) is 0 Å². The zero-order chi connectivity index (χ0) is 14.8. The molecule has 0 unspecified atom stereocenters. The second-order valence-electron chi connectivity index (χ2n) is 5.67. The third-order valence-corrected chi connectivity index (χ3v) is 3.97. The lowest BCUT2D eigenvalue weighted by Crippen LogP contribution is -2.28. The number of aryl methyl sites for hydroxylation is 1. The summed E-state index contributed by atoms with van der Waals surface area (Å²) in [7, 11) is 0. The molecule has 2 aromatic rings. The topological polar surface area (TPSA) is 46.1 Å². The maximum Gasteiger partial charge on any atom is 0.319 e. The second kappa shape index (κ2) is 5.64. The molecule has 1 heterocycles. The zero-order valence-electron chi connectivity index (χ0n) is 12.5. The maximum absolute atomic E-state index is 11.9. The fourth-order valence-electron chi connectivity index (χ4n) is 2.79. The van der Waals surface area contributed by atoms with E-state index in [9.17, 15) is 4.79 Å². The van der Waals surface area contributed by atoms with Crippen molar-refractivity contribution in [3.63, 3.8) is 0 Å². The minimum absolute atomic E-state index is 0.169. The third kappa shape index (κ3) is 3.10. The number of carbonyl (C=O) groups excluding carboxylic acids is 1. The summed E-state index contributed by atoms with van der Waals surface area (Å²) in [6.07, 6.45) is 2.55. The molecule has 0 aliphatic heterocycles. The molecule has 0 saturated heterocycles. The molecule has 2 amide bonds. The average molecular weight is 283 g/mol. The molecular formula is C17H21N3O. The van der Waals surface area contributed by atoms with Crippen LogP contribution in [0, 0.1) is 13.8 Å². The minimum atomic E-state index is -0.169. The van der Waals surface area contributed by atoms with Crippen LogP contribution in [0.1, 0.15) is 35.8 Å². The van der Waals surface area contributed by atoms with Gasteiger partial charge in [-0.15, -0.1) is 0 Å². The van der Waals surface area contributed by atoms with Crippen molar-refractivity contribution in [2.45, 2.75) is 39.3 Å². The van der Waals surface area contributed by atoms with Gasteiger partial charge in [0.2, 0.25) is 0 Å². The van der Waals surface area contributed by atoms with E-state index in [-0.39, 0.29) is 6.03 Å². The van der Waals surface area contributed by atoms with Crippen LogP contribution in [0.25, 0.3) is 0 Å². The standard InChI is InChI=1S/C17H21N3O/c1-12-10-14(13(2)20(12)16-8-9-16)11-18-17(21)19-15-6-4-3-5-7-15/h3-7,10,16H,8-9,11H2,1-2H3,(H2,18,19,21). The Bertz CT molecular complexity index is 642. The first-order chi connectivity index (χ1) is 10.1. The number of nitrogens with one attached hydrogen (secondary N) is 2. The van der Waals surface area contributed by atoms with Crippen LogP contribution in [0.5, 0.6) is 0 Å². The first-order valence-electron chi connectivity index (χ1n) is 7.42. The van der Waals surface area contributed by atoms with Crippen LogP contribution in [-0.4, -0.2) is 10.6 Å². The van der Waals surface area contributed by atoms with E-state index in [1.165, 1.54) is 29.8 Å². The number of rotatable bonds is 4. The fraction of sp³-hybridized carbons (Fsp3) is 0.353. The van der Waals surface area contributed by atoms with Crippen LogP contribution < -0.4 is 10.6 Å². The molecule has 21 heavy (non-hydrogen) atoms. The number of aromatic nitrogens is 1. The van der Waals surface area contributed by atoms with Gasteiger partial charge >= 0.3 is 6.03 Å². The highest BCUT2D eigenvalue weighted by molar-refractivity contribution is 5.89. The lowest BCUT2D eigenvalue weighted by atomic mass is 10.2. The smallest absolute Gasteiger partial charge is 0.319 e. The van der Waals surface area contributed by atoms with E-state index in [2.05, 4.69) is 35.1 Å². The van der Waals surface area contributed by atoms with Gasteiger partial charge < -0.3 is 15.2 Å². The van der Waals surface area contributed by atoms with Crippen molar-refractivity contribution >= 4 is 11.7 Å². The molecule has 1 aromatic heterocycles. The van der Waals surface area contributed by atoms with Crippen molar-refractivity contribution in [3.05, 3.63) is 53.3 Å². The summed E-state index contributed by atoms with van der Waals surface area (Å²) in [5.41, 5.74) is 4.56. The highest BCUT2D eigenvalue weighted by atomic mass is 16.2. The highest BCUT2D eigenvalue weighted by Gasteiger charge is 2.26. The highest BCUT2D eigenvalue weighted by Crippen LogP contribution is 2.38. The number of benzene rings is 1. The monoisotopic (exact) mass is 283 g/mol. The third-order valence-electron chi connectivity index (χ3n) is 3.97. The van der Waals surface area contributed by atoms with Gasteiger partial charge in [-0.2, -0.15) is 0 Å². The van der Waals surface area contributed by atoms with Crippen molar-refractivity contribution < 1.29 is 4.79 Å². The minimum Gasteiger partial charge on any atom is -0.346 e. The van der Waals surface area contributed by atoms with E-state index < -0.39 is 0 Å². The Morgan fingerprint density at radius 3 is 2.62 bits per heavy atom. The molecule has 1 aliphatic carbocycles. The number of urea groups is 1. The van der Waals surface area contributed by atoms with E-state index in [1.807, 2.05) is 30.3 Å². The van der Waals surface area contributed by atoms with Crippen LogP contribution in [0.2, 0.25) is 0 Å². The molecule has 0 atom stereocenters. The number of hydrogen-bond donors (Lipinski definition) is 2. The Labute approximate surface area is 125 Å². The van der Waals surface area contributed by atoms with Gasteiger partial charge in [-0.3, -0.25) is 0 Å². The molecule has 1 fully saturated rings. The number of para-hydroxylation sites is 1. The quantitative estimate of drug-likeness (QED) is 0.881. The fourth-order valence-corrected chi connectivity index (χ4v) is 2.79. The summed E-state index contributed by atoms with van der Waals surface area (Å²) >= 11 is 0. The summed E-state index contributed by atoms with van der Waals surface area (Å²) in [5, 5.41) is 5.76. The SMILES string of the molecule is Cc1cc(CNC(=O)Nc2ccccc2)c(C)n1C1CC1. The molecule has 1 saturated carbocycles. The molecule has 0 radical (unpaired) electrons. The van der Waals surface area contributed by atoms with Gasteiger partial charge in [-0.05, 0) is 50.5 Å². The van der Waals surface area contributed by atoms with E-state index in [1.54, 1.807) is 0 Å². The van der Waals surface area contributed by atoms with Crippen LogP contribution >= 0.6 is 0 Å². The predicted molar refractivity (Wildman–Crippen MR) is 84.5 cm³/mol. The van der Waals surface area contributed by atoms with Crippen LogP contribution in [-0.2, 0) is 6.54 Å². The predicted octanol–water partition coefficient (Wildman–Crippen LogP) is 3.76. The van der Waals surface area contributed by atoms with Crippen molar-refractivity contribution in [1.82, 2.24) is 9.88 Å². The molecule has 1 aliphatic rings. The summed E-state index contributed by atoms with van der Waals surface area (Å²) in [5.74, 6) is 0. The van der Waals surface area contributed by atoms with Gasteiger partial charge in [-0.1, -0.05) is 18.2 Å². The van der Waals surface area contributed by atoms with Gasteiger partial charge in [0.1, 0.15) is 0 Å². The Morgan fingerprint density at radius 2 is 1.95 bits per heavy atom. The van der Waals surface area contributed by atoms with Crippen molar-refractivity contribution in [2.24, 2.45) is 0 Å². The summed E-state index contributed by atoms with van der Waals surface area (Å²) in [6, 6.07) is 12.2. The molecule has 4 heteroatoms. The van der Waals surface area contributed by atoms with E-state index >= 15 is 0 Å². The van der Waals surface area contributed by atoms with Crippen molar-refractivity contribution in [1.29, 1.82) is 0 Å². The van der Waals surface area contributed by atoms with Crippen LogP contribution in [0.3, 0.4) is 0 Å². The molecule has 1 aromatic carbocycles. The molecular weight excluding hydrogens is 262 g/mol. The molecule has 4 nitrogen and oxygen atoms in total. The van der Waals surface area contributed by atoms with E-state index in [0.29, 0.717) is 12.6 Å². The molecule has 3 rings (SSSR count). The zero-order valence-corrected chi connectivity index (χ0v) is 12.5. The first-order valence-corrected chi connectivity index (χ1v) is 7.42. The Hall–Kier alpha value is -2.23.